The number of aromatic nitrogens is 1. The number of carbonyl (C=O) groups excluding carboxylic acids is 1. The van der Waals surface area contributed by atoms with Crippen molar-refractivity contribution in [2.45, 2.75) is 39.5 Å². The molecule has 0 radical (unpaired) electrons. The van der Waals surface area contributed by atoms with Gasteiger partial charge < -0.3 is 14.5 Å². The normalized spacial score (nSPS) is 10.8. The lowest BCUT2D eigenvalue weighted by molar-refractivity contribution is -0.121. The van der Waals surface area contributed by atoms with E-state index < -0.39 is 0 Å². The number of ether oxygens (including phenoxy) is 1. The Bertz CT molecular complexity index is 647. The van der Waals surface area contributed by atoms with E-state index in [1.165, 1.54) is 5.56 Å². The van der Waals surface area contributed by atoms with Gasteiger partial charge in [-0.25, -0.2) is 4.98 Å². The highest BCUT2D eigenvalue weighted by atomic mass is 16.5. The molecule has 1 N–H and O–H groups in total. The van der Waals surface area contributed by atoms with Gasteiger partial charge in [-0.15, -0.1) is 0 Å². The van der Waals surface area contributed by atoms with E-state index in [-0.39, 0.29) is 5.91 Å². The monoisotopic (exact) mass is 330 g/mol. The third-order valence-electron chi connectivity index (χ3n) is 3.86. The Morgan fingerprint density at radius 1 is 1.21 bits per heavy atom. The first kappa shape index (κ1) is 18.2. The Balaban J connectivity index is 1.81. The number of benzene rings is 1. The summed E-state index contributed by atoms with van der Waals surface area (Å²) in [4.78, 5) is 16.3. The van der Waals surface area contributed by atoms with Crippen molar-refractivity contribution >= 4 is 5.91 Å². The molecule has 2 rings (SSSR count). The summed E-state index contributed by atoms with van der Waals surface area (Å²) >= 11 is 0. The van der Waals surface area contributed by atoms with Crippen molar-refractivity contribution in [3.8, 4) is 11.5 Å². The number of methoxy groups -OCH3 is 1. The maximum atomic E-state index is 11.7. The maximum Gasteiger partial charge on any atom is 0.226 e. The summed E-state index contributed by atoms with van der Waals surface area (Å²) in [5.74, 6) is 1.55. The van der Waals surface area contributed by atoms with Crippen LogP contribution in [0.3, 0.4) is 0 Å². The standard InChI is InChI=1S/C19H26N2O3/c1-14-8-10-16(11-9-14)19-21-17(15(2)24-19)6-4-7-18(22)20-12-5-13-23-3/h8-11H,4-7,12-13H2,1-3H3,(H,20,22). The molecule has 1 heterocycles. The maximum absolute atomic E-state index is 11.7. The smallest absolute Gasteiger partial charge is 0.226 e. The molecule has 0 saturated heterocycles. The average Bonchev–Trinajstić information content (AvgIpc) is 2.93. The van der Waals surface area contributed by atoms with Crippen molar-refractivity contribution in [2.24, 2.45) is 0 Å². The first-order chi connectivity index (χ1) is 11.6. The third kappa shape index (κ3) is 5.49. The zero-order valence-corrected chi connectivity index (χ0v) is 14.7. The van der Waals surface area contributed by atoms with Gasteiger partial charge in [-0.1, -0.05) is 17.7 Å². The lowest BCUT2D eigenvalue weighted by Gasteiger charge is -2.04. The van der Waals surface area contributed by atoms with E-state index in [1.807, 2.05) is 31.2 Å². The highest BCUT2D eigenvalue weighted by molar-refractivity contribution is 5.75. The van der Waals surface area contributed by atoms with Gasteiger partial charge in [0.2, 0.25) is 11.8 Å². The van der Waals surface area contributed by atoms with Gasteiger partial charge in [-0.2, -0.15) is 0 Å². The Labute approximate surface area is 143 Å². The highest BCUT2D eigenvalue weighted by Crippen LogP contribution is 2.23. The van der Waals surface area contributed by atoms with Crippen molar-refractivity contribution in [2.75, 3.05) is 20.3 Å². The summed E-state index contributed by atoms with van der Waals surface area (Å²) in [6, 6.07) is 8.11. The predicted octanol–water partition coefficient (Wildman–Crippen LogP) is 3.43. The topological polar surface area (TPSA) is 64.4 Å². The number of hydrogen-bond acceptors (Lipinski definition) is 4. The van der Waals surface area contributed by atoms with E-state index in [0.29, 0.717) is 25.5 Å². The Kier molecular flexibility index (Phi) is 7.00. The number of amides is 1. The van der Waals surface area contributed by atoms with E-state index in [0.717, 1.165) is 36.3 Å². The molecule has 0 saturated carbocycles. The zero-order chi connectivity index (χ0) is 17.4. The lowest BCUT2D eigenvalue weighted by Crippen LogP contribution is -2.24. The van der Waals surface area contributed by atoms with Crippen LogP contribution in [0.1, 0.15) is 36.3 Å². The van der Waals surface area contributed by atoms with Crippen molar-refractivity contribution in [1.82, 2.24) is 10.3 Å². The summed E-state index contributed by atoms with van der Waals surface area (Å²) in [5.41, 5.74) is 3.11. The lowest BCUT2D eigenvalue weighted by atomic mass is 10.1. The number of carbonyl (C=O) groups is 1. The number of nitrogens with zero attached hydrogens (tertiary/aromatic N) is 1. The van der Waals surface area contributed by atoms with Crippen molar-refractivity contribution in [3.63, 3.8) is 0 Å². The van der Waals surface area contributed by atoms with Gasteiger partial charge in [0.15, 0.2) is 0 Å². The van der Waals surface area contributed by atoms with Gasteiger partial charge in [0.25, 0.3) is 0 Å². The molecule has 0 aliphatic heterocycles. The number of oxazole rings is 1. The molecule has 0 unspecified atom stereocenters. The van der Waals surface area contributed by atoms with Gasteiger partial charge in [-0.05, 0) is 45.2 Å². The van der Waals surface area contributed by atoms with Gasteiger partial charge in [0.05, 0.1) is 5.69 Å². The minimum absolute atomic E-state index is 0.0750. The molecule has 1 aromatic heterocycles. The van der Waals surface area contributed by atoms with Crippen LogP contribution in [0.15, 0.2) is 28.7 Å². The van der Waals surface area contributed by atoms with Crippen LogP contribution in [0.25, 0.3) is 11.5 Å². The molecular weight excluding hydrogens is 304 g/mol. The molecule has 5 heteroatoms. The summed E-state index contributed by atoms with van der Waals surface area (Å²) in [7, 11) is 1.66. The molecule has 0 spiro atoms. The van der Waals surface area contributed by atoms with E-state index in [1.54, 1.807) is 7.11 Å². The fourth-order valence-corrected chi connectivity index (χ4v) is 2.43. The number of hydrogen-bond donors (Lipinski definition) is 1. The molecule has 1 amide bonds. The minimum Gasteiger partial charge on any atom is -0.441 e. The average molecular weight is 330 g/mol. The number of nitrogens with one attached hydrogen (secondary N) is 1. The van der Waals surface area contributed by atoms with Crippen LogP contribution in [0.5, 0.6) is 0 Å². The fourth-order valence-electron chi connectivity index (χ4n) is 2.43. The van der Waals surface area contributed by atoms with E-state index in [9.17, 15) is 4.79 Å². The summed E-state index contributed by atoms with van der Waals surface area (Å²) in [6.45, 7) is 5.30. The second-order valence-electron chi connectivity index (χ2n) is 5.94. The van der Waals surface area contributed by atoms with Crippen molar-refractivity contribution in [1.29, 1.82) is 0 Å². The predicted molar refractivity (Wildman–Crippen MR) is 93.9 cm³/mol. The molecule has 0 atom stereocenters. The molecule has 24 heavy (non-hydrogen) atoms. The molecule has 0 fully saturated rings. The molecule has 1 aromatic carbocycles. The van der Waals surface area contributed by atoms with E-state index >= 15 is 0 Å². The van der Waals surface area contributed by atoms with Crippen molar-refractivity contribution in [3.05, 3.63) is 41.3 Å². The number of rotatable bonds is 9. The molecule has 2 aromatic rings. The molecule has 0 bridgehead atoms. The van der Waals surface area contributed by atoms with Gasteiger partial charge in [-0.3, -0.25) is 4.79 Å². The second-order valence-corrected chi connectivity index (χ2v) is 5.94. The van der Waals surface area contributed by atoms with Crippen molar-refractivity contribution < 1.29 is 13.9 Å². The highest BCUT2D eigenvalue weighted by Gasteiger charge is 2.12. The van der Waals surface area contributed by atoms with Crippen LogP contribution in [0.2, 0.25) is 0 Å². The van der Waals surface area contributed by atoms with Crippen LogP contribution in [-0.2, 0) is 16.0 Å². The summed E-state index contributed by atoms with van der Waals surface area (Å²) < 4.78 is 10.7. The Morgan fingerprint density at radius 2 is 1.96 bits per heavy atom. The zero-order valence-electron chi connectivity index (χ0n) is 14.7. The van der Waals surface area contributed by atoms with Crippen LogP contribution < -0.4 is 5.32 Å². The first-order valence-electron chi connectivity index (χ1n) is 8.39. The second kappa shape index (κ2) is 9.23. The quantitative estimate of drug-likeness (QED) is 0.715. The summed E-state index contributed by atoms with van der Waals surface area (Å²) in [6.07, 6.45) is 2.84. The first-order valence-corrected chi connectivity index (χ1v) is 8.39. The SMILES string of the molecule is COCCCNC(=O)CCCc1nc(-c2ccc(C)cc2)oc1C. The van der Waals surface area contributed by atoms with Gasteiger partial charge in [0.1, 0.15) is 5.76 Å². The van der Waals surface area contributed by atoms with Gasteiger partial charge >= 0.3 is 0 Å². The summed E-state index contributed by atoms with van der Waals surface area (Å²) in [5, 5.41) is 2.89. The van der Waals surface area contributed by atoms with E-state index in [2.05, 4.69) is 17.2 Å². The van der Waals surface area contributed by atoms with Crippen LogP contribution in [0, 0.1) is 13.8 Å². The Morgan fingerprint density at radius 3 is 2.67 bits per heavy atom. The largest absolute Gasteiger partial charge is 0.441 e. The third-order valence-corrected chi connectivity index (χ3v) is 3.86. The minimum atomic E-state index is 0.0750. The molecule has 0 aliphatic carbocycles. The molecular formula is C19H26N2O3. The van der Waals surface area contributed by atoms with E-state index in [4.69, 9.17) is 9.15 Å². The fraction of sp³-hybridized carbons (Fsp3) is 0.474. The van der Waals surface area contributed by atoms with Crippen LogP contribution in [0.4, 0.5) is 0 Å². The van der Waals surface area contributed by atoms with Crippen LogP contribution >= 0.6 is 0 Å². The molecule has 130 valence electrons. The molecule has 5 nitrogen and oxygen atoms in total. The Hall–Kier alpha value is -2.14. The number of aryl methyl sites for hydroxylation is 3. The van der Waals surface area contributed by atoms with Gasteiger partial charge in [0, 0.05) is 32.2 Å². The molecule has 0 aliphatic rings. The van der Waals surface area contributed by atoms with Crippen LogP contribution in [-0.4, -0.2) is 31.2 Å².